The molecule has 0 spiro atoms. The molecule has 0 aliphatic heterocycles. The number of hydrogen-bond donors (Lipinski definition) is 0. The number of unbranched alkanes of at least 4 members (excludes halogenated alkanes) is 1. The molecule has 0 heteroatoms. The SMILES string of the molecule is C/C=C\CC/C=C\CCc1ccccc1C/C=C/C. The van der Waals surface area contributed by atoms with Crippen LogP contribution in [0.4, 0.5) is 0 Å². The molecule has 1 aromatic rings. The van der Waals surface area contributed by atoms with Crippen LogP contribution in [0.3, 0.4) is 0 Å². The van der Waals surface area contributed by atoms with Gasteiger partial charge in [0.25, 0.3) is 0 Å². The molecule has 102 valence electrons. The van der Waals surface area contributed by atoms with Gasteiger partial charge in [-0.05, 0) is 57.1 Å². The molecule has 0 N–H and O–H groups in total. The minimum Gasteiger partial charge on any atom is -0.0917 e. The fraction of sp³-hybridized carbons (Fsp3) is 0.368. The first-order chi connectivity index (χ1) is 9.38. The Bertz CT molecular complexity index is 421. The van der Waals surface area contributed by atoms with E-state index in [1.54, 1.807) is 0 Å². The molecular weight excluding hydrogens is 228 g/mol. The molecule has 0 saturated carbocycles. The predicted molar refractivity (Wildman–Crippen MR) is 86.5 cm³/mol. The second-order valence-electron chi connectivity index (χ2n) is 4.70. The van der Waals surface area contributed by atoms with Gasteiger partial charge in [0.1, 0.15) is 0 Å². The van der Waals surface area contributed by atoms with Crippen LogP contribution < -0.4 is 0 Å². The molecule has 1 aromatic carbocycles. The smallest absolute Gasteiger partial charge is 0.00948 e. The van der Waals surface area contributed by atoms with Crippen molar-refractivity contribution in [2.75, 3.05) is 0 Å². The summed E-state index contributed by atoms with van der Waals surface area (Å²) >= 11 is 0. The zero-order valence-corrected chi connectivity index (χ0v) is 12.3. The van der Waals surface area contributed by atoms with Gasteiger partial charge in [-0.2, -0.15) is 0 Å². The van der Waals surface area contributed by atoms with Gasteiger partial charge in [-0.3, -0.25) is 0 Å². The van der Waals surface area contributed by atoms with E-state index in [0.29, 0.717) is 0 Å². The minimum atomic E-state index is 1.05. The van der Waals surface area contributed by atoms with Crippen LogP contribution in [-0.2, 0) is 12.8 Å². The van der Waals surface area contributed by atoms with Crippen LogP contribution in [0.2, 0.25) is 0 Å². The van der Waals surface area contributed by atoms with Crippen molar-refractivity contribution in [1.82, 2.24) is 0 Å². The molecule has 0 fully saturated rings. The number of rotatable bonds is 8. The van der Waals surface area contributed by atoms with Crippen molar-refractivity contribution in [2.45, 2.75) is 46.0 Å². The van der Waals surface area contributed by atoms with Gasteiger partial charge in [0.05, 0.1) is 0 Å². The summed E-state index contributed by atoms with van der Waals surface area (Å²) in [7, 11) is 0. The quantitative estimate of drug-likeness (QED) is 0.415. The molecule has 0 unspecified atom stereocenters. The van der Waals surface area contributed by atoms with Gasteiger partial charge >= 0.3 is 0 Å². The largest absolute Gasteiger partial charge is 0.0917 e. The second kappa shape index (κ2) is 10.4. The summed E-state index contributed by atoms with van der Waals surface area (Å²) in [6.45, 7) is 4.15. The van der Waals surface area contributed by atoms with Crippen LogP contribution >= 0.6 is 0 Å². The summed E-state index contributed by atoms with van der Waals surface area (Å²) in [5, 5.41) is 0. The van der Waals surface area contributed by atoms with Crippen LogP contribution in [0.15, 0.2) is 60.7 Å². The molecule has 0 radical (unpaired) electrons. The van der Waals surface area contributed by atoms with E-state index in [-0.39, 0.29) is 0 Å². The molecule has 0 aliphatic rings. The molecule has 0 atom stereocenters. The van der Waals surface area contributed by atoms with Gasteiger partial charge in [-0.15, -0.1) is 0 Å². The molecule has 1 rings (SSSR count). The first-order valence-electron chi connectivity index (χ1n) is 7.32. The monoisotopic (exact) mass is 254 g/mol. The van der Waals surface area contributed by atoms with Crippen LogP contribution in [-0.4, -0.2) is 0 Å². The summed E-state index contributed by atoms with van der Waals surface area (Å²) in [6, 6.07) is 8.77. The Hall–Kier alpha value is -1.56. The molecule has 19 heavy (non-hydrogen) atoms. The van der Waals surface area contributed by atoms with E-state index in [0.717, 1.165) is 32.1 Å². The number of benzene rings is 1. The van der Waals surface area contributed by atoms with E-state index in [9.17, 15) is 0 Å². The molecule has 0 aliphatic carbocycles. The Balaban J connectivity index is 2.40. The maximum absolute atomic E-state index is 2.32. The molecule has 0 saturated heterocycles. The third-order valence-electron chi connectivity index (χ3n) is 3.17. The number of hydrogen-bond acceptors (Lipinski definition) is 0. The highest BCUT2D eigenvalue weighted by Gasteiger charge is 1.98. The third kappa shape index (κ3) is 6.81. The number of allylic oxidation sites excluding steroid dienone is 6. The highest BCUT2D eigenvalue weighted by molar-refractivity contribution is 5.29. The Kier molecular flexibility index (Phi) is 8.46. The molecule has 0 nitrogen and oxygen atoms in total. The lowest BCUT2D eigenvalue weighted by Gasteiger charge is -2.06. The van der Waals surface area contributed by atoms with Crippen LogP contribution in [0.5, 0.6) is 0 Å². The van der Waals surface area contributed by atoms with Crippen molar-refractivity contribution in [2.24, 2.45) is 0 Å². The van der Waals surface area contributed by atoms with E-state index in [2.05, 4.69) is 74.6 Å². The lowest BCUT2D eigenvalue weighted by molar-refractivity contribution is 0.958. The first-order valence-corrected chi connectivity index (χ1v) is 7.32. The van der Waals surface area contributed by atoms with Gasteiger partial charge < -0.3 is 0 Å². The molecule has 0 bridgehead atoms. The summed E-state index contributed by atoms with van der Waals surface area (Å²) in [5.74, 6) is 0. The maximum atomic E-state index is 2.32. The maximum Gasteiger partial charge on any atom is -0.00948 e. The zero-order valence-electron chi connectivity index (χ0n) is 12.3. The van der Waals surface area contributed by atoms with Crippen LogP contribution in [0.1, 0.15) is 44.2 Å². The van der Waals surface area contributed by atoms with Crippen molar-refractivity contribution in [3.63, 3.8) is 0 Å². The van der Waals surface area contributed by atoms with Crippen molar-refractivity contribution in [3.8, 4) is 0 Å². The van der Waals surface area contributed by atoms with Crippen molar-refractivity contribution < 1.29 is 0 Å². The van der Waals surface area contributed by atoms with Crippen LogP contribution in [0.25, 0.3) is 0 Å². The van der Waals surface area contributed by atoms with Crippen LogP contribution in [0, 0.1) is 0 Å². The van der Waals surface area contributed by atoms with Gasteiger partial charge in [-0.25, -0.2) is 0 Å². The molecule has 0 heterocycles. The topological polar surface area (TPSA) is 0 Å². The Morgan fingerprint density at radius 2 is 1.37 bits per heavy atom. The Morgan fingerprint density at radius 1 is 0.737 bits per heavy atom. The van der Waals surface area contributed by atoms with Gasteiger partial charge in [0.2, 0.25) is 0 Å². The Morgan fingerprint density at radius 3 is 2.11 bits per heavy atom. The van der Waals surface area contributed by atoms with Crippen molar-refractivity contribution in [3.05, 3.63) is 71.8 Å². The highest BCUT2D eigenvalue weighted by atomic mass is 14.0. The van der Waals surface area contributed by atoms with Gasteiger partial charge in [-0.1, -0.05) is 60.7 Å². The standard InChI is InChI=1S/C19H26/c1-3-5-7-8-9-10-11-15-19-17-13-12-16-18(19)14-6-4-2/h3-6,9-10,12-13,16-17H,7-8,11,14-15H2,1-2H3/b5-3-,6-4+,10-9-. The average molecular weight is 254 g/mol. The molecule has 0 aromatic heterocycles. The molecular formula is C19H26. The second-order valence-corrected chi connectivity index (χ2v) is 4.70. The minimum absolute atomic E-state index is 1.05. The summed E-state index contributed by atoms with van der Waals surface area (Å²) in [5.41, 5.74) is 2.95. The summed E-state index contributed by atoms with van der Waals surface area (Å²) in [4.78, 5) is 0. The highest BCUT2D eigenvalue weighted by Crippen LogP contribution is 2.13. The van der Waals surface area contributed by atoms with Crippen molar-refractivity contribution in [1.29, 1.82) is 0 Å². The fourth-order valence-corrected chi connectivity index (χ4v) is 2.08. The summed E-state index contributed by atoms with van der Waals surface area (Å²) in [6.07, 6.45) is 19.0. The zero-order chi connectivity index (χ0) is 13.8. The van der Waals surface area contributed by atoms with Gasteiger partial charge in [0.15, 0.2) is 0 Å². The van der Waals surface area contributed by atoms with Gasteiger partial charge in [0, 0.05) is 0 Å². The van der Waals surface area contributed by atoms with E-state index in [4.69, 9.17) is 0 Å². The lowest BCUT2D eigenvalue weighted by atomic mass is 10.00. The number of aryl methyl sites for hydroxylation is 1. The Labute approximate surface area is 118 Å². The first kappa shape index (κ1) is 15.5. The van der Waals surface area contributed by atoms with Crippen molar-refractivity contribution >= 4 is 0 Å². The normalized spacial score (nSPS) is 12.1. The lowest BCUT2D eigenvalue weighted by Crippen LogP contribution is -1.92. The van der Waals surface area contributed by atoms with E-state index in [1.807, 2.05) is 0 Å². The fourth-order valence-electron chi connectivity index (χ4n) is 2.08. The summed E-state index contributed by atoms with van der Waals surface area (Å²) < 4.78 is 0. The van der Waals surface area contributed by atoms with E-state index < -0.39 is 0 Å². The third-order valence-corrected chi connectivity index (χ3v) is 3.17. The average Bonchev–Trinajstić information content (AvgIpc) is 2.45. The molecule has 0 amide bonds. The van der Waals surface area contributed by atoms with E-state index in [1.165, 1.54) is 11.1 Å². The van der Waals surface area contributed by atoms with E-state index >= 15 is 0 Å². The predicted octanol–water partition coefficient (Wildman–Crippen LogP) is 5.65.